The lowest BCUT2D eigenvalue weighted by Crippen LogP contribution is -2.48. The number of esters is 1. The Morgan fingerprint density at radius 3 is 2.85 bits per heavy atom. The molecule has 2 aliphatic rings. The summed E-state index contributed by atoms with van der Waals surface area (Å²) in [6.45, 7) is 1.96. The second-order valence-corrected chi connectivity index (χ2v) is 6.36. The van der Waals surface area contributed by atoms with Gasteiger partial charge in [0, 0.05) is 16.6 Å². The molecule has 1 N–H and O–H groups in total. The molecular formula is C14H16N2O2S2. The third-order valence-electron chi connectivity index (χ3n) is 3.67. The van der Waals surface area contributed by atoms with Crippen LogP contribution in [0, 0.1) is 0 Å². The van der Waals surface area contributed by atoms with Crippen molar-refractivity contribution in [1.29, 1.82) is 0 Å². The molecular weight excluding hydrogens is 292 g/mol. The standard InChI is InChI=1S/C14H16N2O2S2/c1-8-11(13(17)18-2)12(10-4-3-7-20-10)15-14(19)16(8)9-5-6-9/h3-4,7,9,12H,5-6H2,1-2H3,(H,15,19). The van der Waals surface area contributed by atoms with E-state index in [-0.39, 0.29) is 12.0 Å². The van der Waals surface area contributed by atoms with Gasteiger partial charge in [0.2, 0.25) is 0 Å². The Balaban J connectivity index is 2.06. The molecule has 0 radical (unpaired) electrons. The van der Waals surface area contributed by atoms with Gasteiger partial charge in [-0.05, 0) is 43.4 Å². The number of hydrogen-bond acceptors (Lipinski definition) is 4. The molecule has 1 aliphatic carbocycles. The second kappa shape index (κ2) is 5.18. The lowest BCUT2D eigenvalue weighted by Gasteiger charge is -2.37. The van der Waals surface area contributed by atoms with Gasteiger partial charge in [-0.3, -0.25) is 0 Å². The SMILES string of the molecule is COC(=O)C1=C(C)N(C2CC2)C(=S)NC1c1cccs1. The first-order chi connectivity index (χ1) is 9.63. The number of carbonyl (C=O) groups is 1. The first-order valence-electron chi connectivity index (χ1n) is 6.55. The van der Waals surface area contributed by atoms with E-state index in [9.17, 15) is 4.79 Å². The van der Waals surface area contributed by atoms with Crippen molar-refractivity contribution in [2.75, 3.05) is 7.11 Å². The summed E-state index contributed by atoms with van der Waals surface area (Å²) in [7, 11) is 1.42. The maximum atomic E-state index is 12.2. The Kier molecular flexibility index (Phi) is 3.52. The van der Waals surface area contributed by atoms with Crippen LogP contribution in [-0.2, 0) is 9.53 Å². The van der Waals surface area contributed by atoms with E-state index < -0.39 is 0 Å². The van der Waals surface area contributed by atoms with E-state index in [1.807, 2.05) is 24.4 Å². The van der Waals surface area contributed by atoms with E-state index in [1.165, 1.54) is 7.11 Å². The maximum absolute atomic E-state index is 12.2. The van der Waals surface area contributed by atoms with Gasteiger partial charge in [-0.2, -0.15) is 0 Å². The molecule has 1 saturated carbocycles. The van der Waals surface area contributed by atoms with Gasteiger partial charge < -0.3 is 15.0 Å². The third-order valence-corrected chi connectivity index (χ3v) is 4.92. The van der Waals surface area contributed by atoms with E-state index in [4.69, 9.17) is 17.0 Å². The molecule has 0 amide bonds. The molecule has 1 aliphatic heterocycles. The van der Waals surface area contributed by atoms with Crippen molar-refractivity contribution < 1.29 is 9.53 Å². The van der Waals surface area contributed by atoms with E-state index in [0.29, 0.717) is 16.7 Å². The Hall–Kier alpha value is -1.40. The molecule has 0 aromatic carbocycles. The van der Waals surface area contributed by atoms with E-state index in [1.54, 1.807) is 11.3 Å². The summed E-state index contributed by atoms with van der Waals surface area (Å²) < 4.78 is 4.97. The number of allylic oxidation sites excluding steroid dienone is 1. The second-order valence-electron chi connectivity index (χ2n) is 4.99. The molecule has 0 spiro atoms. The fraction of sp³-hybridized carbons (Fsp3) is 0.429. The van der Waals surface area contributed by atoms with E-state index in [2.05, 4.69) is 10.2 Å². The highest BCUT2D eigenvalue weighted by Crippen LogP contribution is 2.38. The van der Waals surface area contributed by atoms with Gasteiger partial charge in [-0.15, -0.1) is 11.3 Å². The fourth-order valence-electron chi connectivity index (χ4n) is 2.57. The van der Waals surface area contributed by atoms with Crippen LogP contribution < -0.4 is 5.32 Å². The summed E-state index contributed by atoms with van der Waals surface area (Å²) in [4.78, 5) is 15.3. The van der Waals surface area contributed by atoms with Crippen LogP contribution in [0.1, 0.15) is 30.7 Å². The van der Waals surface area contributed by atoms with E-state index in [0.717, 1.165) is 23.4 Å². The van der Waals surface area contributed by atoms with Crippen molar-refractivity contribution in [2.24, 2.45) is 0 Å². The minimum atomic E-state index is -0.290. The topological polar surface area (TPSA) is 41.6 Å². The average molecular weight is 308 g/mol. The number of nitrogens with one attached hydrogen (secondary N) is 1. The fourth-order valence-corrected chi connectivity index (χ4v) is 3.76. The number of ether oxygens (including phenoxy) is 1. The lowest BCUT2D eigenvalue weighted by molar-refractivity contribution is -0.136. The summed E-state index contributed by atoms with van der Waals surface area (Å²) in [6.07, 6.45) is 2.24. The smallest absolute Gasteiger partial charge is 0.338 e. The van der Waals surface area contributed by atoms with Crippen LogP contribution in [0.15, 0.2) is 28.8 Å². The molecule has 1 aromatic rings. The van der Waals surface area contributed by atoms with Crippen molar-refractivity contribution in [3.8, 4) is 0 Å². The van der Waals surface area contributed by atoms with E-state index >= 15 is 0 Å². The number of carbonyl (C=O) groups excluding carboxylic acids is 1. The molecule has 6 heteroatoms. The van der Waals surface area contributed by atoms with Crippen LogP contribution in [0.2, 0.25) is 0 Å². The van der Waals surface area contributed by atoms with Crippen molar-refractivity contribution in [2.45, 2.75) is 31.8 Å². The Morgan fingerprint density at radius 1 is 1.55 bits per heavy atom. The number of thiophene rings is 1. The van der Waals surface area contributed by atoms with Crippen molar-refractivity contribution >= 4 is 34.6 Å². The molecule has 0 saturated heterocycles. The molecule has 20 heavy (non-hydrogen) atoms. The lowest BCUT2D eigenvalue weighted by atomic mass is 10.0. The molecule has 1 atom stereocenters. The molecule has 1 aromatic heterocycles. The summed E-state index contributed by atoms with van der Waals surface area (Å²) in [5, 5.41) is 6.00. The summed E-state index contributed by atoms with van der Waals surface area (Å²) in [6, 6.07) is 4.21. The minimum absolute atomic E-state index is 0.204. The van der Waals surface area contributed by atoms with Crippen LogP contribution in [0.3, 0.4) is 0 Å². The Bertz CT molecular complexity index is 576. The van der Waals surface area contributed by atoms with Gasteiger partial charge in [0.15, 0.2) is 5.11 Å². The average Bonchev–Trinajstić information content (AvgIpc) is 3.10. The predicted molar refractivity (Wildman–Crippen MR) is 82.4 cm³/mol. The van der Waals surface area contributed by atoms with Crippen LogP contribution in [-0.4, -0.2) is 29.1 Å². The molecule has 0 bridgehead atoms. The Morgan fingerprint density at radius 2 is 2.30 bits per heavy atom. The Labute approximate surface area is 127 Å². The van der Waals surface area contributed by atoms with Gasteiger partial charge in [0.25, 0.3) is 0 Å². The number of rotatable bonds is 3. The molecule has 106 valence electrons. The first kappa shape index (κ1) is 13.6. The number of thiocarbonyl (C=S) groups is 1. The van der Waals surface area contributed by atoms with Crippen LogP contribution >= 0.6 is 23.6 Å². The largest absolute Gasteiger partial charge is 0.466 e. The molecule has 4 nitrogen and oxygen atoms in total. The zero-order chi connectivity index (χ0) is 14.3. The molecule has 2 heterocycles. The van der Waals surface area contributed by atoms with Crippen LogP contribution in [0.25, 0.3) is 0 Å². The zero-order valence-electron chi connectivity index (χ0n) is 11.4. The highest BCUT2D eigenvalue weighted by atomic mass is 32.1. The number of hydrogen-bond donors (Lipinski definition) is 1. The predicted octanol–water partition coefficient (Wildman–Crippen LogP) is 2.59. The van der Waals surface area contributed by atoms with Gasteiger partial charge in [0.1, 0.15) is 0 Å². The molecule has 1 fully saturated rings. The normalized spacial score (nSPS) is 22.8. The third kappa shape index (κ3) is 2.23. The van der Waals surface area contributed by atoms with Crippen molar-refractivity contribution in [1.82, 2.24) is 10.2 Å². The quantitative estimate of drug-likeness (QED) is 0.686. The van der Waals surface area contributed by atoms with Crippen molar-refractivity contribution in [3.05, 3.63) is 33.7 Å². The van der Waals surface area contributed by atoms with Gasteiger partial charge >= 0.3 is 5.97 Å². The highest BCUT2D eigenvalue weighted by molar-refractivity contribution is 7.80. The highest BCUT2D eigenvalue weighted by Gasteiger charge is 2.40. The monoisotopic (exact) mass is 308 g/mol. The maximum Gasteiger partial charge on any atom is 0.338 e. The van der Waals surface area contributed by atoms with Gasteiger partial charge in [-0.25, -0.2) is 4.79 Å². The minimum Gasteiger partial charge on any atom is -0.466 e. The zero-order valence-corrected chi connectivity index (χ0v) is 13.0. The summed E-state index contributed by atoms with van der Waals surface area (Å²) in [5.41, 5.74) is 1.58. The van der Waals surface area contributed by atoms with Crippen molar-refractivity contribution in [3.63, 3.8) is 0 Å². The van der Waals surface area contributed by atoms with Crippen LogP contribution in [0.4, 0.5) is 0 Å². The number of nitrogens with zero attached hydrogens (tertiary/aromatic N) is 1. The molecule has 3 rings (SSSR count). The van der Waals surface area contributed by atoms with Gasteiger partial charge in [0.05, 0.1) is 18.7 Å². The molecule has 1 unspecified atom stereocenters. The van der Waals surface area contributed by atoms with Crippen LogP contribution in [0.5, 0.6) is 0 Å². The summed E-state index contributed by atoms with van der Waals surface area (Å²) >= 11 is 7.09. The van der Waals surface area contributed by atoms with Gasteiger partial charge in [-0.1, -0.05) is 6.07 Å². The first-order valence-corrected chi connectivity index (χ1v) is 7.84. The number of methoxy groups -OCH3 is 1. The summed E-state index contributed by atoms with van der Waals surface area (Å²) in [5.74, 6) is -0.290.